The van der Waals surface area contributed by atoms with Crippen molar-refractivity contribution in [3.05, 3.63) is 57.2 Å². The second-order valence-corrected chi connectivity index (χ2v) is 10.5. The summed E-state index contributed by atoms with van der Waals surface area (Å²) >= 11 is 7.02. The summed E-state index contributed by atoms with van der Waals surface area (Å²) in [7, 11) is -3.87. The average molecular weight is 480 g/mol. The van der Waals surface area contributed by atoms with Crippen molar-refractivity contribution >= 4 is 54.8 Å². The Morgan fingerprint density at radius 1 is 1.10 bits per heavy atom. The van der Waals surface area contributed by atoms with Crippen molar-refractivity contribution in [2.75, 3.05) is 17.8 Å². The molecule has 0 radical (unpaired) electrons. The lowest BCUT2D eigenvalue weighted by Gasteiger charge is -2.26. The molecule has 10 heteroatoms. The Morgan fingerprint density at radius 2 is 1.84 bits per heavy atom. The Morgan fingerprint density at radius 3 is 2.58 bits per heavy atom. The minimum Gasteiger partial charge on any atom is -0.343 e. The number of thiazole rings is 1. The normalized spacial score (nSPS) is 14.7. The Bertz CT molecular complexity index is 1280. The summed E-state index contributed by atoms with van der Waals surface area (Å²) in [4.78, 5) is 26.6. The summed E-state index contributed by atoms with van der Waals surface area (Å²) in [6, 6.07) is 11.1. The number of likely N-dealkylation sites (tertiary alicyclic amines) is 1. The highest BCUT2D eigenvalue weighted by Crippen LogP contribution is 2.27. The monoisotopic (exact) mass is 479 g/mol. The van der Waals surface area contributed by atoms with E-state index in [0.717, 1.165) is 43.7 Å². The van der Waals surface area contributed by atoms with Crippen LogP contribution >= 0.6 is 22.9 Å². The number of fused-ring (bicyclic) bond motifs is 1. The minimum absolute atomic E-state index is 0.0395. The minimum atomic E-state index is -3.87. The summed E-state index contributed by atoms with van der Waals surface area (Å²) in [6.45, 7) is 1.83. The van der Waals surface area contributed by atoms with Gasteiger partial charge in [0.2, 0.25) is 5.91 Å². The predicted octanol–water partition coefficient (Wildman–Crippen LogP) is 3.92. The lowest BCUT2D eigenvalue weighted by Crippen LogP contribution is -2.36. The number of aryl methyl sites for hydroxylation is 1. The highest BCUT2D eigenvalue weighted by Gasteiger charge is 2.20. The summed E-state index contributed by atoms with van der Waals surface area (Å²) < 4.78 is 30.1. The zero-order chi connectivity index (χ0) is 22.0. The van der Waals surface area contributed by atoms with Gasteiger partial charge in [-0.25, -0.2) is 8.42 Å². The second kappa shape index (κ2) is 9.02. The number of benzene rings is 2. The molecule has 2 aromatic carbocycles. The number of aromatic nitrogens is 1. The summed E-state index contributed by atoms with van der Waals surface area (Å²) in [5.74, 6) is 0.0501. The van der Waals surface area contributed by atoms with Gasteiger partial charge in [-0.1, -0.05) is 35.1 Å². The fraction of sp³-hybridized carbons (Fsp3) is 0.333. The molecule has 1 aromatic heterocycles. The number of sulfonamides is 1. The van der Waals surface area contributed by atoms with Crippen molar-refractivity contribution in [2.45, 2.75) is 37.1 Å². The Balaban J connectivity index is 1.54. The third kappa shape index (κ3) is 4.78. The fourth-order valence-electron chi connectivity index (χ4n) is 3.68. The number of amides is 1. The van der Waals surface area contributed by atoms with Crippen LogP contribution in [0.15, 0.2) is 52.2 Å². The van der Waals surface area contributed by atoms with Crippen LogP contribution in [0.25, 0.3) is 10.2 Å². The standard InChI is InChI=1S/C21H22ClN3O4S2/c22-16-6-2-3-7-17(16)23-31(28,29)15-8-9-18-19(14-15)30-21(27)25(18)13-10-20(26)24-11-4-1-5-12-24/h2-3,6-9,14,23H,1,4-5,10-13H2. The van der Waals surface area contributed by atoms with E-state index in [0.29, 0.717) is 15.2 Å². The molecule has 7 nitrogen and oxygen atoms in total. The predicted molar refractivity (Wildman–Crippen MR) is 123 cm³/mol. The van der Waals surface area contributed by atoms with E-state index < -0.39 is 10.0 Å². The van der Waals surface area contributed by atoms with Crippen LogP contribution in [-0.4, -0.2) is 36.9 Å². The van der Waals surface area contributed by atoms with E-state index in [1.54, 1.807) is 34.9 Å². The van der Waals surface area contributed by atoms with Crippen LogP contribution in [-0.2, 0) is 21.4 Å². The maximum absolute atomic E-state index is 12.8. The Kier molecular flexibility index (Phi) is 6.36. The molecule has 4 rings (SSSR count). The molecule has 0 bridgehead atoms. The number of anilines is 1. The van der Waals surface area contributed by atoms with Crippen LogP contribution in [0.3, 0.4) is 0 Å². The largest absolute Gasteiger partial charge is 0.343 e. The molecule has 1 aliphatic rings. The van der Waals surface area contributed by atoms with Gasteiger partial charge >= 0.3 is 4.87 Å². The number of carbonyl (C=O) groups excluding carboxylic acids is 1. The third-order valence-corrected chi connectivity index (χ3v) is 7.96. The molecule has 3 aromatic rings. The van der Waals surface area contributed by atoms with E-state index in [4.69, 9.17) is 11.6 Å². The first-order valence-corrected chi connectivity index (χ1v) is 12.7. The SMILES string of the molecule is O=C(CCn1c(=O)sc2cc(S(=O)(=O)Nc3ccccc3Cl)ccc21)N1CCCCC1. The molecule has 0 spiro atoms. The van der Waals surface area contributed by atoms with Crippen LogP contribution in [0.1, 0.15) is 25.7 Å². The van der Waals surface area contributed by atoms with Crippen molar-refractivity contribution in [2.24, 2.45) is 0 Å². The maximum atomic E-state index is 12.8. The molecule has 164 valence electrons. The Labute approximate surface area is 189 Å². The molecule has 0 aliphatic carbocycles. The van der Waals surface area contributed by atoms with Crippen molar-refractivity contribution in [3.8, 4) is 0 Å². The number of halogens is 1. The molecule has 0 atom stereocenters. The van der Waals surface area contributed by atoms with E-state index in [-0.39, 0.29) is 34.3 Å². The summed E-state index contributed by atoms with van der Waals surface area (Å²) in [6.07, 6.45) is 3.44. The maximum Gasteiger partial charge on any atom is 0.308 e. The van der Waals surface area contributed by atoms with Gasteiger partial charge < -0.3 is 4.90 Å². The zero-order valence-electron chi connectivity index (χ0n) is 16.7. The number of hydrogen-bond donors (Lipinski definition) is 1. The van der Waals surface area contributed by atoms with Crippen LogP contribution in [0.4, 0.5) is 5.69 Å². The fourth-order valence-corrected chi connectivity index (χ4v) is 6.06. The molecule has 0 unspecified atom stereocenters. The zero-order valence-corrected chi connectivity index (χ0v) is 19.1. The highest BCUT2D eigenvalue weighted by atomic mass is 35.5. The van der Waals surface area contributed by atoms with E-state index in [9.17, 15) is 18.0 Å². The van der Waals surface area contributed by atoms with Gasteiger partial charge in [-0.2, -0.15) is 0 Å². The van der Waals surface area contributed by atoms with Crippen molar-refractivity contribution in [1.82, 2.24) is 9.47 Å². The number of rotatable bonds is 6. The molecular formula is C21H22ClN3O4S2. The number of piperidine rings is 1. The van der Waals surface area contributed by atoms with Crippen molar-refractivity contribution in [1.29, 1.82) is 0 Å². The first-order chi connectivity index (χ1) is 14.8. The third-order valence-electron chi connectivity index (χ3n) is 5.33. The van der Waals surface area contributed by atoms with Crippen molar-refractivity contribution < 1.29 is 13.2 Å². The molecule has 1 N–H and O–H groups in total. The molecule has 1 saturated heterocycles. The van der Waals surface area contributed by atoms with Gasteiger partial charge in [0.25, 0.3) is 10.0 Å². The van der Waals surface area contributed by atoms with Gasteiger partial charge in [-0.3, -0.25) is 18.9 Å². The molecule has 1 fully saturated rings. The Hall–Kier alpha value is -2.36. The van der Waals surface area contributed by atoms with Crippen LogP contribution in [0.2, 0.25) is 5.02 Å². The van der Waals surface area contributed by atoms with E-state index in [2.05, 4.69) is 4.72 Å². The molecule has 0 saturated carbocycles. The lowest BCUT2D eigenvalue weighted by molar-refractivity contribution is -0.132. The molecule has 31 heavy (non-hydrogen) atoms. The average Bonchev–Trinajstić information content (AvgIpc) is 3.08. The number of nitrogens with one attached hydrogen (secondary N) is 1. The topological polar surface area (TPSA) is 88.5 Å². The van der Waals surface area contributed by atoms with Gasteiger partial charge in [0.05, 0.1) is 25.8 Å². The summed E-state index contributed by atoms with van der Waals surface area (Å²) in [5, 5.41) is 0.293. The lowest BCUT2D eigenvalue weighted by atomic mass is 10.1. The van der Waals surface area contributed by atoms with E-state index >= 15 is 0 Å². The molecule has 2 heterocycles. The summed E-state index contributed by atoms with van der Waals surface area (Å²) in [5.41, 5.74) is 0.907. The van der Waals surface area contributed by atoms with Crippen molar-refractivity contribution in [3.63, 3.8) is 0 Å². The molecule has 1 aliphatic heterocycles. The van der Waals surface area contributed by atoms with Gasteiger partial charge in [-0.05, 0) is 49.6 Å². The number of carbonyl (C=O) groups is 1. The molecule has 1 amide bonds. The van der Waals surface area contributed by atoms with Crippen LogP contribution in [0.5, 0.6) is 0 Å². The van der Waals surface area contributed by atoms with Gasteiger partial charge in [0.1, 0.15) is 0 Å². The smallest absolute Gasteiger partial charge is 0.308 e. The molecular weight excluding hydrogens is 458 g/mol. The van der Waals surface area contributed by atoms with E-state index in [1.807, 2.05) is 4.90 Å². The van der Waals surface area contributed by atoms with Crippen LogP contribution in [0, 0.1) is 0 Å². The van der Waals surface area contributed by atoms with Crippen LogP contribution < -0.4 is 9.60 Å². The van der Waals surface area contributed by atoms with Gasteiger partial charge in [0.15, 0.2) is 0 Å². The van der Waals surface area contributed by atoms with E-state index in [1.165, 1.54) is 12.1 Å². The quantitative estimate of drug-likeness (QED) is 0.580. The highest BCUT2D eigenvalue weighted by molar-refractivity contribution is 7.92. The second-order valence-electron chi connectivity index (χ2n) is 7.43. The first-order valence-electron chi connectivity index (χ1n) is 10.0. The number of para-hydroxylation sites is 1. The first kappa shape index (κ1) is 21.9. The number of hydrogen-bond acceptors (Lipinski definition) is 5. The van der Waals surface area contributed by atoms with Gasteiger partial charge in [0, 0.05) is 26.1 Å². The number of nitrogens with zero attached hydrogens (tertiary/aromatic N) is 2. The van der Waals surface area contributed by atoms with Gasteiger partial charge in [-0.15, -0.1) is 0 Å².